The van der Waals surface area contributed by atoms with E-state index in [-0.39, 0.29) is 11.5 Å². The summed E-state index contributed by atoms with van der Waals surface area (Å²) in [6.07, 6.45) is 2.92. The van der Waals surface area contributed by atoms with Crippen LogP contribution in [0, 0.1) is 6.92 Å². The Hall–Kier alpha value is -2.99. The first kappa shape index (κ1) is 21.7. The predicted molar refractivity (Wildman–Crippen MR) is 121 cm³/mol. The lowest BCUT2D eigenvalue weighted by molar-refractivity contribution is -0.906. The first-order valence-electron chi connectivity index (χ1n) is 10.7. The molecular formula is C24H31N4O2+. The van der Waals surface area contributed by atoms with Crippen LogP contribution in [-0.4, -0.2) is 29.0 Å². The van der Waals surface area contributed by atoms with E-state index in [0.29, 0.717) is 29.8 Å². The zero-order valence-electron chi connectivity index (χ0n) is 18.0. The van der Waals surface area contributed by atoms with E-state index in [1.54, 1.807) is 6.07 Å². The average Bonchev–Trinajstić information content (AvgIpc) is 2.73. The number of aromatic amines is 1. The third-order valence-electron chi connectivity index (χ3n) is 5.38. The van der Waals surface area contributed by atoms with Crippen LogP contribution in [0.1, 0.15) is 43.6 Å². The van der Waals surface area contributed by atoms with Crippen LogP contribution in [0.2, 0.25) is 0 Å². The van der Waals surface area contributed by atoms with Crippen molar-refractivity contribution in [3.63, 3.8) is 0 Å². The molecule has 0 fully saturated rings. The molecule has 1 atom stereocenters. The second-order valence-electron chi connectivity index (χ2n) is 7.75. The Kier molecular flexibility index (Phi) is 7.36. The molecule has 0 aliphatic heterocycles. The third kappa shape index (κ3) is 5.33. The van der Waals surface area contributed by atoms with Gasteiger partial charge in [0.25, 0.3) is 11.5 Å². The van der Waals surface area contributed by atoms with Crippen molar-refractivity contribution in [3.05, 3.63) is 69.8 Å². The minimum Gasteiger partial charge on any atom is -0.321 e. The number of aromatic nitrogens is 2. The van der Waals surface area contributed by atoms with E-state index in [2.05, 4.69) is 29.1 Å². The van der Waals surface area contributed by atoms with Gasteiger partial charge in [-0.2, -0.15) is 0 Å². The fourth-order valence-electron chi connectivity index (χ4n) is 3.73. The molecule has 0 saturated carbocycles. The maximum absolute atomic E-state index is 12.9. The highest BCUT2D eigenvalue weighted by atomic mass is 16.2. The summed E-state index contributed by atoms with van der Waals surface area (Å²) in [6.45, 7) is 7.91. The number of amides is 1. The minimum atomic E-state index is -0.137. The molecule has 158 valence electrons. The van der Waals surface area contributed by atoms with Crippen molar-refractivity contribution in [2.75, 3.05) is 18.4 Å². The van der Waals surface area contributed by atoms with E-state index in [4.69, 9.17) is 0 Å². The number of quaternary nitrogens is 1. The van der Waals surface area contributed by atoms with Gasteiger partial charge in [-0.1, -0.05) is 50.6 Å². The van der Waals surface area contributed by atoms with E-state index >= 15 is 0 Å². The van der Waals surface area contributed by atoms with Gasteiger partial charge in [0.15, 0.2) is 12.4 Å². The predicted octanol–water partition coefficient (Wildman–Crippen LogP) is 2.62. The van der Waals surface area contributed by atoms with E-state index in [9.17, 15) is 9.59 Å². The van der Waals surface area contributed by atoms with Gasteiger partial charge in [0, 0.05) is 5.69 Å². The van der Waals surface area contributed by atoms with Gasteiger partial charge in [-0.15, -0.1) is 0 Å². The molecule has 1 aromatic heterocycles. The summed E-state index contributed by atoms with van der Waals surface area (Å²) >= 11 is 0. The smallest absolute Gasteiger partial charge is 0.279 e. The number of carbonyl (C=O) groups is 1. The second-order valence-corrected chi connectivity index (χ2v) is 7.75. The summed E-state index contributed by atoms with van der Waals surface area (Å²) in [4.78, 5) is 33.8. The zero-order chi connectivity index (χ0) is 21.5. The maximum Gasteiger partial charge on any atom is 0.279 e. The number of nitrogens with one attached hydrogen (secondary N) is 3. The number of carbonyl (C=O) groups excluding carboxylic acids is 1. The summed E-state index contributed by atoms with van der Waals surface area (Å²) in [5.74, 6) is 0.594. The SMILES string of the molecule is CCCC[NH+](CC(=O)Nc1c(C)cccc1CC)Cc1nc2ccccc2c(=O)[nH]1. The van der Waals surface area contributed by atoms with Gasteiger partial charge in [-0.05, 0) is 43.0 Å². The van der Waals surface area contributed by atoms with Crippen molar-refractivity contribution in [2.24, 2.45) is 0 Å². The van der Waals surface area contributed by atoms with Gasteiger partial charge in [0.2, 0.25) is 0 Å². The summed E-state index contributed by atoms with van der Waals surface area (Å²) in [5, 5.41) is 3.70. The standard InChI is InChI=1S/C24H30N4O2/c1-4-6-14-28(15-21-25-20-13-8-7-12-19(20)24(30)26-21)16-22(29)27-23-17(3)10-9-11-18(23)5-2/h7-13H,4-6,14-16H2,1-3H3,(H,27,29)(H,25,26,30)/p+1. The number of benzene rings is 2. The molecule has 3 aromatic rings. The van der Waals surface area contributed by atoms with Crippen molar-refractivity contribution in [1.29, 1.82) is 0 Å². The quantitative estimate of drug-likeness (QED) is 0.510. The molecule has 6 heteroatoms. The minimum absolute atomic E-state index is 0.0201. The lowest BCUT2D eigenvalue weighted by Gasteiger charge is -2.20. The topological polar surface area (TPSA) is 79.3 Å². The molecule has 0 bridgehead atoms. The van der Waals surface area contributed by atoms with Crippen LogP contribution < -0.4 is 15.8 Å². The lowest BCUT2D eigenvalue weighted by Crippen LogP contribution is -3.12. The number of fused-ring (bicyclic) bond motifs is 1. The van der Waals surface area contributed by atoms with Gasteiger partial charge in [-0.25, -0.2) is 4.98 Å². The molecule has 3 N–H and O–H groups in total. The number of H-pyrrole nitrogens is 1. The molecule has 1 heterocycles. The molecule has 0 aliphatic carbocycles. The molecular weight excluding hydrogens is 376 g/mol. The number of para-hydroxylation sites is 2. The Morgan fingerprint density at radius 3 is 2.70 bits per heavy atom. The molecule has 0 radical (unpaired) electrons. The molecule has 3 rings (SSSR count). The van der Waals surface area contributed by atoms with Crippen molar-refractivity contribution in [2.45, 2.75) is 46.6 Å². The second kappa shape index (κ2) is 10.2. The lowest BCUT2D eigenvalue weighted by atomic mass is 10.1. The first-order chi connectivity index (χ1) is 14.5. The van der Waals surface area contributed by atoms with Gasteiger partial charge in [0.1, 0.15) is 6.54 Å². The first-order valence-corrected chi connectivity index (χ1v) is 10.7. The number of anilines is 1. The fraction of sp³-hybridized carbons (Fsp3) is 0.375. The number of unbranched alkanes of at least 4 members (excludes halogenated alkanes) is 1. The Morgan fingerprint density at radius 1 is 1.13 bits per heavy atom. The number of nitrogens with zero attached hydrogens (tertiary/aromatic N) is 1. The number of rotatable bonds is 9. The van der Waals surface area contributed by atoms with Crippen molar-refractivity contribution < 1.29 is 9.69 Å². The molecule has 0 spiro atoms. The average molecular weight is 408 g/mol. The Bertz CT molecular complexity index is 1070. The largest absolute Gasteiger partial charge is 0.321 e. The van der Waals surface area contributed by atoms with Gasteiger partial charge in [0.05, 0.1) is 17.4 Å². The highest BCUT2D eigenvalue weighted by Crippen LogP contribution is 2.20. The van der Waals surface area contributed by atoms with Gasteiger partial charge < -0.3 is 15.2 Å². The molecule has 1 unspecified atom stereocenters. The molecule has 2 aromatic carbocycles. The molecule has 1 amide bonds. The van der Waals surface area contributed by atoms with Crippen LogP contribution in [-0.2, 0) is 17.8 Å². The summed E-state index contributed by atoms with van der Waals surface area (Å²) in [6, 6.07) is 13.4. The third-order valence-corrected chi connectivity index (χ3v) is 5.38. The number of aryl methyl sites for hydroxylation is 2. The maximum atomic E-state index is 12.9. The molecule has 0 aliphatic rings. The van der Waals surface area contributed by atoms with Crippen molar-refractivity contribution in [3.8, 4) is 0 Å². The number of hydrogen-bond acceptors (Lipinski definition) is 3. The summed E-state index contributed by atoms with van der Waals surface area (Å²) in [7, 11) is 0. The van der Waals surface area contributed by atoms with Gasteiger partial charge >= 0.3 is 0 Å². The van der Waals surface area contributed by atoms with E-state index in [1.807, 2.05) is 43.3 Å². The monoisotopic (exact) mass is 407 g/mol. The van der Waals surface area contributed by atoms with Crippen molar-refractivity contribution in [1.82, 2.24) is 9.97 Å². The van der Waals surface area contributed by atoms with E-state index in [1.165, 1.54) is 0 Å². The highest BCUT2D eigenvalue weighted by molar-refractivity contribution is 5.93. The zero-order valence-corrected chi connectivity index (χ0v) is 18.0. The van der Waals surface area contributed by atoms with Crippen LogP contribution in [0.5, 0.6) is 0 Å². The number of hydrogen-bond donors (Lipinski definition) is 3. The summed E-state index contributed by atoms with van der Waals surface area (Å²) in [5.41, 5.74) is 3.67. The molecule has 30 heavy (non-hydrogen) atoms. The molecule has 0 saturated heterocycles. The normalized spacial score (nSPS) is 12.1. The van der Waals surface area contributed by atoms with Gasteiger partial charge in [-0.3, -0.25) is 9.59 Å². The Balaban J connectivity index is 1.76. The molecule has 6 nitrogen and oxygen atoms in total. The summed E-state index contributed by atoms with van der Waals surface area (Å²) < 4.78 is 0. The van der Waals surface area contributed by atoms with Crippen molar-refractivity contribution >= 4 is 22.5 Å². The van der Waals surface area contributed by atoms with Crippen LogP contribution in [0.3, 0.4) is 0 Å². The van der Waals surface area contributed by atoms with Crippen LogP contribution in [0.25, 0.3) is 10.9 Å². The van der Waals surface area contributed by atoms with Crippen LogP contribution in [0.15, 0.2) is 47.3 Å². The fourth-order valence-corrected chi connectivity index (χ4v) is 3.73. The Labute approximate surface area is 177 Å². The van der Waals surface area contributed by atoms with E-state index < -0.39 is 0 Å². The van der Waals surface area contributed by atoms with Crippen LogP contribution >= 0.6 is 0 Å². The van der Waals surface area contributed by atoms with E-state index in [0.717, 1.165) is 47.5 Å². The highest BCUT2D eigenvalue weighted by Gasteiger charge is 2.18. The van der Waals surface area contributed by atoms with Crippen LogP contribution in [0.4, 0.5) is 5.69 Å². The Morgan fingerprint density at radius 2 is 1.93 bits per heavy atom.